The molecule has 0 saturated carbocycles. The largest absolute Gasteiger partial charge is 0.450 e. The van der Waals surface area contributed by atoms with Gasteiger partial charge in [-0.1, -0.05) is 18.2 Å². The van der Waals surface area contributed by atoms with Crippen LogP contribution in [-0.2, 0) is 11.2 Å². The Hall–Kier alpha value is -2.43. The third-order valence-electron chi connectivity index (χ3n) is 3.31. The zero-order chi connectivity index (χ0) is 15.8. The molecule has 0 saturated heterocycles. The summed E-state index contributed by atoms with van der Waals surface area (Å²) < 4.78 is 18.0. The molecule has 5 heteroatoms. The van der Waals surface area contributed by atoms with E-state index in [1.54, 1.807) is 31.5 Å². The Morgan fingerprint density at radius 1 is 1.32 bits per heavy atom. The van der Waals surface area contributed by atoms with Gasteiger partial charge in [0.05, 0.1) is 6.61 Å². The van der Waals surface area contributed by atoms with Crippen molar-refractivity contribution < 1.29 is 13.9 Å². The Morgan fingerprint density at radius 2 is 2.09 bits per heavy atom. The highest BCUT2D eigenvalue weighted by Gasteiger charge is 2.14. The van der Waals surface area contributed by atoms with Crippen LogP contribution in [-0.4, -0.2) is 24.2 Å². The van der Waals surface area contributed by atoms with E-state index in [1.807, 2.05) is 12.1 Å². The van der Waals surface area contributed by atoms with Crippen LogP contribution in [0.5, 0.6) is 0 Å². The van der Waals surface area contributed by atoms with E-state index in [9.17, 15) is 9.18 Å². The molecule has 1 N–H and O–H groups in total. The molecule has 0 aliphatic rings. The summed E-state index contributed by atoms with van der Waals surface area (Å²) in [6, 6.07) is 10.2. The molecule has 22 heavy (non-hydrogen) atoms. The number of hydrogen-bond acceptors (Lipinski definition) is 3. The number of ether oxygens (including phenoxy) is 1. The average molecular weight is 302 g/mol. The molecule has 2 aromatic rings. The fraction of sp³-hybridized carbons (Fsp3) is 0.294. The molecule has 2 rings (SSSR count). The van der Waals surface area contributed by atoms with Gasteiger partial charge in [0.25, 0.3) is 0 Å². The fourth-order valence-electron chi connectivity index (χ4n) is 2.23. The van der Waals surface area contributed by atoms with E-state index in [1.165, 1.54) is 12.1 Å². The van der Waals surface area contributed by atoms with Crippen LogP contribution in [0.25, 0.3) is 0 Å². The van der Waals surface area contributed by atoms with Crippen molar-refractivity contribution in [1.29, 1.82) is 0 Å². The van der Waals surface area contributed by atoms with Gasteiger partial charge in [0.1, 0.15) is 5.82 Å². The number of hydrogen-bond donors (Lipinski definition) is 1. The van der Waals surface area contributed by atoms with Crippen molar-refractivity contribution in [3.8, 4) is 0 Å². The second-order valence-corrected chi connectivity index (χ2v) is 4.92. The molecule has 0 aliphatic heterocycles. The van der Waals surface area contributed by atoms with Gasteiger partial charge >= 0.3 is 6.09 Å². The maximum absolute atomic E-state index is 13.1. The van der Waals surface area contributed by atoms with E-state index in [0.29, 0.717) is 19.6 Å². The highest BCUT2D eigenvalue weighted by molar-refractivity contribution is 5.67. The standard InChI is InChI=1S/C17H19FN2O2/c1-2-22-17(21)20-12-15(10-13-4-3-9-19-11-13)14-5-7-16(18)8-6-14/h3-9,11,15H,2,10,12H2,1H3,(H,20,21). The highest BCUT2D eigenvalue weighted by atomic mass is 19.1. The van der Waals surface area contributed by atoms with Crippen molar-refractivity contribution >= 4 is 6.09 Å². The van der Waals surface area contributed by atoms with E-state index in [0.717, 1.165) is 11.1 Å². The summed E-state index contributed by atoms with van der Waals surface area (Å²) in [6.07, 6.45) is 3.76. The molecule has 1 unspecified atom stereocenters. The second-order valence-electron chi connectivity index (χ2n) is 4.92. The molecule has 1 aromatic heterocycles. The number of alkyl carbamates (subject to hydrolysis) is 1. The smallest absolute Gasteiger partial charge is 0.407 e. The fourth-order valence-corrected chi connectivity index (χ4v) is 2.23. The summed E-state index contributed by atoms with van der Waals surface area (Å²) in [5.74, 6) is -0.253. The molecule has 0 aliphatic carbocycles. The summed E-state index contributed by atoms with van der Waals surface area (Å²) in [5, 5.41) is 2.74. The van der Waals surface area contributed by atoms with Gasteiger partial charge in [-0.2, -0.15) is 0 Å². The van der Waals surface area contributed by atoms with Crippen LogP contribution in [0.2, 0.25) is 0 Å². The normalized spacial score (nSPS) is 11.7. The molecule has 0 radical (unpaired) electrons. The molecule has 0 bridgehead atoms. The number of carbonyl (C=O) groups excluding carboxylic acids is 1. The average Bonchev–Trinajstić information content (AvgIpc) is 2.53. The van der Waals surface area contributed by atoms with Gasteiger partial charge in [0.2, 0.25) is 0 Å². The number of pyridine rings is 1. The van der Waals surface area contributed by atoms with Gasteiger partial charge in [-0.25, -0.2) is 9.18 Å². The number of amides is 1. The summed E-state index contributed by atoms with van der Waals surface area (Å²) in [7, 11) is 0. The first-order valence-electron chi connectivity index (χ1n) is 7.24. The predicted octanol–water partition coefficient (Wildman–Crippen LogP) is 3.29. The zero-order valence-corrected chi connectivity index (χ0v) is 12.5. The Bertz CT molecular complexity index is 587. The first kappa shape index (κ1) is 15.9. The lowest BCUT2D eigenvalue weighted by atomic mass is 9.92. The molecule has 1 atom stereocenters. The maximum Gasteiger partial charge on any atom is 0.407 e. The molecule has 4 nitrogen and oxygen atoms in total. The Morgan fingerprint density at radius 3 is 2.73 bits per heavy atom. The van der Waals surface area contributed by atoms with Gasteiger partial charge in [0.15, 0.2) is 0 Å². The Balaban J connectivity index is 2.09. The van der Waals surface area contributed by atoms with Gasteiger partial charge < -0.3 is 10.1 Å². The SMILES string of the molecule is CCOC(=O)NCC(Cc1cccnc1)c1ccc(F)cc1. The number of carbonyl (C=O) groups is 1. The van der Waals surface area contributed by atoms with Crippen LogP contribution in [0.4, 0.5) is 9.18 Å². The lowest BCUT2D eigenvalue weighted by Gasteiger charge is -2.18. The molecule has 116 valence electrons. The molecule has 1 aromatic carbocycles. The van der Waals surface area contributed by atoms with Crippen LogP contribution in [0, 0.1) is 5.82 Å². The van der Waals surface area contributed by atoms with Crippen LogP contribution in [0.3, 0.4) is 0 Å². The van der Waals surface area contributed by atoms with Crippen molar-refractivity contribution in [2.24, 2.45) is 0 Å². The van der Waals surface area contributed by atoms with Crippen LogP contribution in [0.1, 0.15) is 24.0 Å². The number of aromatic nitrogens is 1. The number of nitrogens with zero attached hydrogens (tertiary/aromatic N) is 1. The number of benzene rings is 1. The molecule has 1 heterocycles. The van der Waals surface area contributed by atoms with Crippen LogP contribution in [0.15, 0.2) is 48.8 Å². The van der Waals surface area contributed by atoms with E-state index in [-0.39, 0.29) is 11.7 Å². The van der Waals surface area contributed by atoms with E-state index in [4.69, 9.17) is 4.74 Å². The first-order chi connectivity index (χ1) is 10.7. The van der Waals surface area contributed by atoms with Gasteiger partial charge in [-0.3, -0.25) is 4.98 Å². The summed E-state index contributed by atoms with van der Waals surface area (Å²) in [5.41, 5.74) is 2.02. The monoisotopic (exact) mass is 302 g/mol. The van der Waals surface area contributed by atoms with E-state index >= 15 is 0 Å². The summed E-state index contributed by atoms with van der Waals surface area (Å²) in [6.45, 7) is 2.50. The molecular formula is C17H19FN2O2. The Kier molecular flexibility index (Phi) is 5.89. The van der Waals surface area contributed by atoms with Crippen LogP contribution < -0.4 is 5.32 Å². The third-order valence-corrected chi connectivity index (χ3v) is 3.31. The topological polar surface area (TPSA) is 51.2 Å². The third kappa shape index (κ3) is 4.84. The second kappa shape index (κ2) is 8.12. The zero-order valence-electron chi connectivity index (χ0n) is 12.5. The minimum absolute atomic E-state index is 0.0224. The minimum Gasteiger partial charge on any atom is -0.450 e. The van der Waals surface area contributed by atoms with Crippen molar-refractivity contribution in [3.05, 3.63) is 65.7 Å². The highest BCUT2D eigenvalue weighted by Crippen LogP contribution is 2.20. The van der Waals surface area contributed by atoms with Crippen LogP contribution >= 0.6 is 0 Å². The van der Waals surface area contributed by atoms with Gasteiger partial charge in [-0.05, 0) is 42.7 Å². The number of rotatable bonds is 6. The quantitative estimate of drug-likeness (QED) is 0.891. The van der Waals surface area contributed by atoms with Gasteiger partial charge in [-0.15, -0.1) is 0 Å². The molecule has 0 spiro atoms. The first-order valence-corrected chi connectivity index (χ1v) is 7.24. The van der Waals surface area contributed by atoms with Crippen molar-refractivity contribution in [1.82, 2.24) is 10.3 Å². The van der Waals surface area contributed by atoms with Crippen molar-refractivity contribution in [2.75, 3.05) is 13.2 Å². The van der Waals surface area contributed by atoms with E-state index in [2.05, 4.69) is 10.3 Å². The maximum atomic E-state index is 13.1. The number of halogens is 1. The predicted molar refractivity (Wildman–Crippen MR) is 82.1 cm³/mol. The lowest BCUT2D eigenvalue weighted by Crippen LogP contribution is -2.29. The number of nitrogens with one attached hydrogen (secondary N) is 1. The summed E-state index contributed by atoms with van der Waals surface area (Å²) in [4.78, 5) is 15.6. The Labute approximate surface area is 129 Å². The minimum atomic E-state index is -0.444. The molecular weight excluding hydrogens is 283 g/mol. The van der Waals surface area contributed by atoms with Gasteiger partial charge in [0, 0.05) is 24.9 Å². The van der Waals surface area contributed by atoms with Crippen molar-refractivity contribution in [3.63, 3.8) is 0 Å². The molecule has 1 amide bonds. The molecule has 0 fully saturated rings. The van der Waals surface area contributed by atoms with Crippen molar-refractivity contribution in [2.45, 2.75) is 19.3 Å². The summed E-state index contributed by atoms with van der Waals surface area (Å²) >= 11 is 0. The van der Waals surface area contributed by atoms with E-state index < -0.39 is 6.09 Å². The lowest BCUT2D eigenvalue weighted by molar-refractivity contribution is 0.151.